The molecule has 0 atom stereocenters. The average molecular weight is 452 g/mol. The van der Waals surface area contributed by atoms with Crippen molar-refractivity contribution in [3.8, 4) is 0 Å². The molecule has 1 aliphatic carbocycles. The van der Waals surface area contributed by atoms with Crippen LogP contribution in [0.4, 0.5) is 5.69 Å². The lowest BCUT2D eigenvalue weighted by atomic mass is 9.92. The van der Waals surface area contributed by atoms with Crippen molar-refractivity contribution >= 4 is 28.3 Å². The van der Waals surface area contributed by atoms with Gasteiger partial charge in [-0.05, 0) is 63.4 Å². The lowest BCUT2D eigenvalue weighted by Gasteiger charge is -2.15. The van der Waals surface area contributed by atoms with Crippen LogP contribution in [-0.2, 0) is 0 Å². The molecule has 0 bridgehead atoms. The summed E-state index contributed by atoms with van der Waals surface area (Å²) in [6.07, 6.45) is 8.77. The predicted molar refractivity (Wildman–Crippen MR) is 120 cm³/mol. The van der Waals surface area contributed by atoms with E-state index in [1.165, 1.54) is 33.7 Å². The molecule has 6 heteroatoms. The summed E-state index contributed by atoms with van der Waals surface area (Å²) >= 11 is 1.74. The fourth-order valence-electron chi connectivity index (χ4n) is 2.76. The minimum Gasteiger partial charge on any atom is -1.00 e. The summed E-state index contributed by atoms with van der Waals surface area (Å²) in [5.74, 6) is 0. The first-order valence-corrected chi connectivity index (χ1v) is 10.1. The van der Waals surface area contributed by atoms with Gasteiger partial charge in [0.1, 0.15) is 14.1 Å². The van der Waals surface area contributed by atoms with Gasteiger partial charge in [-0.2, -0.15) is 11.3 Å². The summed E-state index contributed by atoms with van der Waals surface area (Å²) in [5, 5.41) is 6.35. The minimum atomic E-state index is 0. The minimum absolute atomic E-state index is 0. The number of allylic oxidation sites excluding steroid dienone is 5. The summed E-state index contributed by atoms with van der Waals surface area (Å²) in [6.45, 7) is 0. The Kier molecular flexibility index (Phi) is 12.5. The van der Waals surface area contributed by atoms with Crippen molar-refractivity contribution in [3.63, 3.8) is 0 Å². The first kappa shape index (κ1) is 27.1. The van der Waals surface area contributed by atoms with Gasteiger partial charge < -0.3 is 35.0 Å². The SMILES string of the molecule is CN(C)c1ccc(C(=C2C=CC(=[N+](C)C)C=C2)c2ccsc2)cc1.C[NH2+]C.[Cl-].[Cl-]. The van der Waals surface area contributed by atoms with Crippen molar-refractivity contribution < 1.29 is 34.7 Å². The second kappa shape index (κ2) is 13.4. The van der Waals surface area contributed by atoms with Crippen LogP contribution >= 0.6 is 11.3 Å². The lowest BCUT2D eigenvalue weighted by Crippen LogP contribution is -3.00. The van der Waals surface area contributed by atoms with Gasteiger partial charge in [-0.25, -0.2) is 4.58 Å². The van der Waals surface area contributed by atoms with E-state index in [2.05, 4.69) is 103 Å². The van der Waals surface area contributed by atoms with E-state index in [1.54, 1.807) is 11.3 Å². The third-order valence-electron chi connectivity index (χ3n) is 4.15. The maximum absolute atomic E-state index is 2.22. The topological polar surface area (TPSA) is 22.9 Å². The van der Waals surface area contributed by atoms with Crippen LogP contribution in [0.1, 0.15) is 11.1 Å². The highest BCUT2D eigenvalue weighted by molar-refractivity contribution is 7.08. The monoisotopic (exact) mass is 451 g/mol. The van der Waals surface area contributed by atoms with Gasteiger partial charge >= 0.3 is 0 Å². The molecule has 2 aromatic rings. The van der Waals surface area contributed by atoms with Crippen LogP contribution in [0.25, 0.3) is 5.57 Å². The molecule has 2 N–H and O–H groups in total. The Balaban J connectivity index is 0.00000148. The summed E-state index contributed by atoms with van der Waals surface area (Å²) in [6, 6.07) is 11.0. The molecule has 0 saturated heterocycles. The van der Waals surface area contributed by atoms with E-state index in [0.717, 1.165) is 0 Å². The summed E-state index contributed by atoms with van der Waals surface area (Å²) in [7, 11) is 12.3. The van der Waals surface area contributed by atoms with Crippen LogP contribution in [0.2, 0.25) is 0 Å². The molecule has 1 aromatic heterocycles. The Morgan fingerprint density at radius 1 is 0.862 bits per heavy atom. The first-order valence-electron chi connectivity index (χ1n) is 9.17. The molecule has 0 fully saturated rings. The Hall–Kier alpha value is -1.85. The van der Waals surface area contributed by atoms with Crippen molar-refractivity contribution in [2.24, 2.45) is 0 Å². The van der Waals surface area contributed by atoms with Gasteiger partial charge in [-0.15, -0.1) is 0 Å². The number of thiophene rings is 1. The Bertz CT molecular complexity index is 840. The fourth-order valence-corrected chi connectivity index (χ4v) is 3.41. The number of anilines is 1. The van der Waals surface area contributed by atoms with Crippen LogP contribution in [0.3, 0.4) is 0 Å². The number of halogens is 2. The second-order valence-electron chi connectivity index (χ2n) is 6.85. The summed E-state index contributed by atoms with van der Waals surface area (Å²) in [4.78, 5) is 2.12. The van der Waals surface area contributed by atoms with Crippen LogP contribution in [-0.4, -0.2) is 52.6 Å². The highest BCUT2D eigenvalue weighted by Crippen LogP contribution is 2.31. The predicted octanol–water partition coefficient (Wildman–Crippen LogP) is -2.73. The Morgan fingerprint density at radius 2 is 1.41 bits per heavy atom. The number of nitrogens with zero attached hydrogens (tertiary/aromatic N) is 2. The van der Waals surface area contributed by atoms with Gasteiger partial charge in [0, 0.05) is 31.9 Å². The Morgan fingerprint density at radius 3 is 1.83 bits per heavy atom. The van der Waals surface area contributed by atoms with E-state index in [-0.39, 0.29) is 24.8 Å². The van der Waals surface area contributed by atoms with E-state index >= 15 is 0 Å². The Labute approximate surface area is 192 Å². The molecular formula is C23H31Cl2N3S. The third kappa shape index (κ3) is 7.48. The summed E-state index contributed by atoms with van der Waals surface area (Å²) < 4.78 is 2.12. The average Bonchev–Trinajstić information content (AvgIpc) is 3.18. The number of hydrogen-bond donors (Lipinski definition) is 1. The molecule has 1 aromatic carbocycles. The molecule has 0 unspecified atom stereocenters. The smallest absolute Gasteiger partial charge is 0.199 e. The molecular weight excluding hydrogens is 421 g/mol. The van der Waals surface area contributed by atoms with Gasteiger partial charge in [-0.1, -0.05) is 12.1 Å². The molecule has 0 radical (unpaired) electrons. The molecule has 3 nitrogen and oxygen atoms in total. The van der Waals surface area contributed by atoms with E-state index in [4.69, 9.17) is 0 Å². The lowest BCUT2D eigenvalue weighted by molar-refractivity contribution is -0.597. The van der Waals surface area contributed by atoms with Gasteiger partial charge in [-0.3, -0.25) is 0 Å². The third-order valence-corrected chi connectivity index (χ3v) is 4.84. The van der Waals surface area contributed by atoms with Crippen molar-refractivity contribution in [2.75, 3.05) is 47.2 Å². The fraction of sp³-hybridized carbons (Fsp3) is 0.261. The van der Waals surface area contributed by atoms with Gasteiger partial charge in [0.05, 0.1) is 14.1 Å². The molecule has 0 aliphatic heterocycles. The molecule has 29 heavy (non-hydrogen) atoms. The zero-order valence-electron chi connectivity index (χ0n) is 18.0. The van der Waals surface area contributed by atoms with Crippen LogP contribution < -0.4 is 35.0 Å². The molecule has 1 aliphatic rings. The van der Waals surface area contributed by atoms with E-state index in [1.807, 2.05) is 19.4 Å². The largest absolute Gasteiger partial charge is 1.00 e. The molecule has 0 spiro atoms. The number of quaternary nitrogens is 1. The van der Waals surface area contributed by atoms with Crippen LogP contribution in [0, 0.1) is 0 Å². The van der Waals surface area contributed by atoms with Crippen molar-refractivity contribution in [3.05, 3.63) is 82.1 Å². The van der Waals surface area contributed by atoms with Crippen LogP contribution in [0.15, 0.2) is 71.0 Å². The maximum Gasteiger partial charge on any atom is 0.199 e. The standard InChI is InChI=1S/C21H23N2S.C2H7N.2ClH/c1-22(2)19-9-5-16(6-10-19)21(18-13-14-24-15-18)17-7-11-20(12-8-17)23(3)4;1-3-2;;/h5-15H,1-4H3;3H,1-2H3;2*1H/q+1;;;/p-1. The maximum atomic E-state index is 2.22. The van der Waals surface area contributed by atoms with Crippen molar-refractivity contribution in [2.45, 2.75) is 0 Å². The van der Waals surface area contributed by atoms with Gasteiger partial charge in [0.25, 0.3) is 0 Å². The molecule has 0 amide bonds. The molecule has 3 rings (SSSR count). The highest BCUT2D eigenvalue weighted by Gasteiger charge is 2.13. The van der Waals surface area contributed by atoms with E-state index in [9.17, 15) is 0 Å². The zero-order chi connectivity index (χ0) is 19.8. The molecule has 1 heterocycles. The second-order valence-corrected chi connectivity index (χ2v) is 7.63. The number of hydrogen-bond acceptors (Lipinski definition) is 2. The number of benzene rings is 1. The molecule has 158 valence electrons. The number of nitrogens with two attached hydrogens (primary N) is 1. The van der Waals surface area contributed by atoms with Gasteiger partial charge in [0.2, 0.25) is 0 Å². The highest BCUT2D eigenvalue weighted by atomic mass is 35.5. The van der Waals surface area contributed by atoms with Crippen molar-refractivity contribution in [1.82, 2.24) is 0 Å². The quantitative estimate of drug-likeness (QED) is 0.503. The van der Waals surface area contributed by atoms with Gasteiger partial charge in [0.15, 0.2) is 5.71 Å². The van der Waals surface area contributed by atoms with E-state index in [0.29, 0.717) is 0 Å². The molecule has 0 saturated carbocycles. The van der Waals surface area contributed by atoms with Crippen LogP contribution in [0.5, 0.6) is 0 Å². The number of rotatable bonds is 3. The first-order chi connectivity index (χ1) is 13.0. The zero-order valence-corrected chi connectivity index (χ0v) is 20.3. The summed E-state index contributed by atoms with van der Waals surface area (Å²) in [5.41, 5.74) is 7.48. The normalized spacial score (nSPS) is 11.7. The van der Waals surface area contributed by atoms with E-state index < -0.39 is 0 Å². The van der Waals surface area contributed by atoms with Crippen molar-refractivity contribution in [1.29, 1.82) is 0 Å².